The van der Waals surface area contributed by atoms with E-state index in [4.69, 9.17) is 16.7 Å². The van der Waals surface area contributed by atoms with Crippen molar-refractivity contribution in [3.63, 3.8) is 0 Å². The molecule has 1 heterocycles. The summed E-state index contributed by atoms with van der Waals surface area (Å²) in [6.45, 7) is 4.19. The molecule has 1 aromatic heterocycles. The molecule has 128 valence electrons. The van der Waals surface area contributed by atoms with Crippen LogP contribution in [-0.4, -0.2) is 28.5 Å². The second kappa shape index (κ2) is 7.77. The highest BCUT2D eigenvalue weighted by Crippen LogP contribution is 2.23. The zero-order valence-electron chi connectivity index (χ0n) is 13.5. The molecular formula is C17H19ClN2O3S. The van der Waals surface area contributed by atoms with Gasteiger partial charge in [-0.1, -0.05) is 37.6 Å². The van der Waals surface area contributed by atoms with Gasteiger partial charge in [0.25, 0.3) is 0 Å². The smallest absolute Gasteiger partial charge is 0.355 e. The van der Waals surface area contributed by atoms with E-state index in [-0.39, 0.29) is 11.6 Å². The van der Waals surface area contributed by atoms with E-state index in [2.05, 4.69) is 10.3 Å². The van der Waals surface area contributed by atoms with Crippen molar-refractivity contribution in [1.29, 1.82) is 0 Å². The average Bonchev–Trinajstić information content (AvgIpc) is 2.95. The number of nitrogens with one attached hydrogen (secondary N) is 1. The van der Waals surface area contributed by atoms with Crippen LogP contribution < -0.4 is 5.32 Å². The number of aromatic nitrogens is 1. The van der Waals surface area contributed by atoms with Crippen LogP contribution in [0.15, 0.2) is 29.6 Å². The maximum atomic E-state index is 12.4. The second-order valence-electron chi connectivity index (χ2n) is 6.13. The Labute approximate surface area is 149 Å². The normalized spacial score (nSPS) is 11.3. The number of benzene rings is 1. The predicted octanol–water partition coefficient (Wildman–Crippen LogP) is 3.42. The largest absolute Gasteiger partial charge is 0.476 e. The fourth-order valence-corrected chi connectivity index (χ4v) is 3.27. The van der Waals surface area contributed by atoms with Crippen LogP contribution in [-0.2, 0) is 17.6 Å². The third-order valence-corrected chi connectivity index (χ3v) is 4.69. The first-order valence-electron chi connectivity index (χ1n) is 7.48. The zero-order valence-corrected chi connectivity index (χ0v) is 15.1. The Bertz CT molecular complexity index is 743. The fraction of sp³-hybridized carbons (Fsp3) is 0.353. The Morgan fingerprint density at radius 1 is 1.38 bits per heavy atom. The number of aromatic carboxylic acids is 1. The van der Waals surface area contributed by atoms with Crippen molar-refractivity contribution in [2.75, 3.05) is 6.54 Å². The highest BCUT2D eigenvalue weighted by molar-refractivity contribution is 7.09. The lowest BCUT2D eigenvalue weighted by atomic mass is 9.85. The molecule has 2 N–H and O–H groups in total. The number of carbonyl (C=O) groups excluding carboxylic acids is 1. The topological polar surface area (TPSA) is 79.3 Å². The van der Waals surface area contributed by atoms with Crippen LogP contribution in [0.2, 0.25) is 5.02 Å². The maximum Gasteiger partial charge on any atom is 0.355 e. The molecule has 7 heteroatoms. The van der Waals surface area contributed by atoms with Gasteiger partial charge in [0.2, 0.25) is 5.91 Å². The summed E-state index contributed by atoms with van der Waals surface area (Å²) in [6, 6.07) is 7.48. The Morgan fingerprint density at radius 3 is 2.75 bits per heavy atom. The number of halogens is 1. The summed E-state index contributed by atoms with van der Waals surface area (Å²) in [7, 11) is 0. The highest BCUT2D eigenvalue weighted by atomic mass is 35.5. The lowest BCUT2D eigenvalue weighted by Crippen LogP contribution is -2.39. The number of amides is 1. The van der Waals surface area contributed by atoms with Gasteiger partial charge in [-0.2, -0.15) is 0 Å². The number of rotatable bonds is 7. The SMILES string of the molecule is CC(C)(Cc1cccc(Cl)c1)C(=O)NCCc1nc(C(=O)O)cs1. The summed E-state index contributed by atoms with van der Waals surface area (Å²) in [5.41, 5.74) is 0.482. The Hall–Kier alpha value is -1.92. The molecule has 0 radical (unpaired) electrons. The quantitative estimate of drug-likeness (QED) is 0.786. The predicted molar refractivity (Wildman–Crippen MR) is 94.7 cm³/mol. The minimum atomic E-state index is -1.04. The summed E-state index contributed by atoms with van der Waals surface area (Å²) >= 11 is 7.26. The van der Waals surface area contributed by atoms with Crippen molar-refractivity contribution in [2.45, 2.75) is 26.7 Å². The number of carboxylic acids is 1. The molecule has 0 fully saturated rings. The molecule has 5 nitrogen and oxygen atoms in total. The summed E-state index contributed by atoms with van der Waals surface area (Å²) in [4.78, 5) is 27.2. The molecule has 0 unspecified atom stereocenters. The van der Waals surface area contributed by atoms with Gasteiger partial charge in [-0.3, -0.25) is 4.79 Å². The number of hydrogen-bond acceptors (Lipinski definition) is 4. The summed E-state index contributed by atoms with van der Waals surface area (Å²) < 4.78 is 0. The molecular weight excluding hydrogens is 348 g/mol. The van der Waals surface area contributed by atoms with Crippen molar-refractivity contribution in [3.8, 4) is 0 Å². The van der Waals surface area contributed by atoms with Gasteiger partial charge < -0.3 is 10.4 Å². The van der Waals surface area contributed by atoms with Crippen molar-refractivity contribution in [3.05, 3.63) is 50.9 Å². The van der Waals surface area contributed by atoms with Gasteiger partial charge in [-0.15, -0.1) is 11.3 Å². The van der Waals surface area contributed by atoms with E-state index >= 15 is 0 Å². The molecule has 1 aromatic carbocycles. The Balaban J connectivity index is 1.87. The van der Waals surface area contributed by atoms with E-state index in [0.29, 0.717) is 29.4 Å². The Kier molecular flexibility index (Phi) is 5.96. The van der Waals surface area contributed by atoms with Crippen LogP contribution in [0.4, 0.5) is 0 Å². The van der Waals surface area contributed by atoms with E-state index in [0.717, 1.165) is 5.56 Å². The van der Waals surface area contributed by atoms with Crippen LogP contribution in [0, 0.1) is 5.41 Å². The molecule has 2 rings (SSSR count). The highest BCUT2D eigenvalue weighted by Gasteiger charge is 2.27. The lowest BCUT2D eigenvalue weighted by Gasteiger charge is -2.23. The molecule has 0 aliphatic heterocycles. The van der Waals surface area contributed by atoms with Crippen LogP contribution >= 0.6 is 22.9 Å². The van der Waals surface area contributed by atoms with Gasteiger partial charge in [0.1, 0.15) is 0 Å². The number of carbonyl (C=O) groups is 2. The van der Waals surface area contributed by atoms with Gasteiger partial charge in [0.15, 0.2) is 5.69 Å². The molecule has 0 bridgehead atoms. The standard InChI is InChI=1S/C17H19ClN2O3S/c1-17(2,9-11-4-3-5-12(18)8-11)16(23)19-7-6-14-20-13(10-24-14)15(21)22/h3-5,8,10H,6-7,9H2,1-2H3,(H,19,23)(H,21,22). The molecule has 0 atom stereocenters. The first kappa shape index (κ1) is 18.4. The molecule has 0 saturated heterocycles. The molecule has 0 spiro atoms. The van der Waals surface area contributed by atoms with Crippen LogP contribution in [0.3, 0.4) is 0 Å². The van der Waals surface area contributed by atoms with Crippen molar-refractivity contribution in [1.82, 2.24) is 10.3 Å². The van der Waals surface area contributed by atoms with Gasteiger partial charge >= 0.3 is 5.97 Å². The Morgan fingerprint density at radius 2 is 2.12 bits per heavy atom. The number of carboxylic acid groups (broad SMARTS) is 1. The molecule has 1 amide bonds. The van der Waals surface area contributed by atoms with Crippen LogP contribution in [0.5, 0.6) is 0 Å². The number of thiazole rings is 1. The molecule has 0 aliphatic rings. The van der Waals surface area contributed by atoms with Crippen LogP contribution in [0.1, 0.15) is 34.9 Å². The fourth-order valence-electron chi connectivity index (χ4n) is 2.28. The van der Waals surface area contributed by atoms with Gasteiger partial charge in [0, 0.05) is 28.8 Å². The summed E-state index contributed by atoms with van der Waals surface area (Å²) in [6.07, 6.45) is 1.09. The zero-order chi connectivity index (χ0) is 17.7. The second-order valence-corrected chi connectivity index (χ2v) is 7.51. The molecule has 24 heavy (non-hydrogen) atoms. The number of nitrogens with zero attached hydrogens (tertiary/aromatic N) is 1. The minimum absolute atomic E-state index is 0.0441. The average molecular weight is 367 g/mol. The monoisotopic (exact) mass is 366 g/mol. The molecule has 0 saturated carbocycles. The van der Waals surface area contributed by atoms with E-state index in [1.54, 1.807) is 6.07 Å². The van der Waals surface area contributed by atoms with Crippen molar-refractivity contribution >= 4 is 34.8 Å². The first-order valence-corrected chi connectivity index (χ1v) is 8.74. The van der Waals surface area contributed by atoms with Crippen molar-refractivity contribution < 1.29 is 14.7 Å². The van der Waals surface area contributed by atoms with E-state index in [9.17, 15) is 9.59 Å². The first-order chi connectivity index (χ1) is 11.3. The third kappa shape index (κ3) is 5.04. The van der Waals surface area contributed by atoms with Crippen molar-refractivity contribution in [2.24, 2.45) is 5.41 Å². The maximum absolute atomic E-state index is 12.4. The van der Waals surface area contributed by atoms with E-state index in [1.807, 2.05) is 32.0 Å². The van der Waals surface area contributed by atoms with Gasteiger partial charge in [-0.05, 0) is 24.1 Å². The summed E-state index contributed by atoms with van der Waals surface area (Å²) in [5, 5.41) is 14.6. The minimum Gasteiger partial charge on any atom is -0.476 e. The van der Waals surface area contributed by atoms with Gasteiger partial charge in [0.05, 0.1) is 5.01 Å². The third-order valence-electron chi connectivity index (χ3n) is 3.55. The summed E-state index contributed by atoms with van der Waals surface area (Å²) in [5.74, 6) is -1.10. The lowest BCUT2D eigenvalue weighted by molar-refractivity contribution is -0.129. The van der Waals surface area contributed by atoms with Gasteiger partial charge in [-0.25, -0.2) is 9.78 Å². The molecule has 2 aromatic rings. The molecule has 0 aliphatic carbocycles. The van der Waals surface area contributed by atoms with E-state index in [1.165, 1.54) is 16.7 Å². The van der Waals surface area contributed by atoms with E-state index < -0.39 is 11.4 Å². The number of hydrogen-bond donors (Lipinski definition) is 2. The van der Waals surface area contributed by atoms with Crippen LogP contribution in [0.25, 0.3) is 0 Å².